The van der Waals surface area contributed by atoms with Gasteiger partial charge in [0.1, 0.15) is 6.54 Å². The van der Waals surface area contributed by atoms with E-state index in [9.17, 15) is 26.4 Å². The van der Waals surface area contributed by atoms with Gasteiger partial charge in [-0.15, -0.1) is 0 Å². The Hall–Kier alpha value is -2.30. The summed E-state index contributed by atoms with van der Waals surface area (Å²) >= 11 is 5.66. The van der Waals surface area contributed by atoms with Crippen LogP contribution in [-0.2, 0) is 25.7 Å². The van der Waals surface area contributed by atoms with Gasteiger partial charge in [0.15, 0.2) is 0 Å². The second-order valence-corrected chi connectivity index (χ2v) is 9.20. The lowest BCUT2D eigenvalue weighted by molar-refractivity contribution is -0.137. The average molecular weight is 477 g/mol. The molecule has 1 N–H and O–H groups in total. The maximum absolute atomic E-state index is 13.3. The second kappa shape index (κ2) is 9.46. The van der Waals surface area contributed by atoms with Crippen LogP contribution in [0.1, 0.15) is 18.4 Å². The first-order chi connectivity index (χ1) is 14.6. The summed E-state index contributed by atoms with van der Waals surface area (Å²) in [5.41, 5.74) is -1.52. The van der Waals surface area contributed by atoms with Gasteiger partial charge in [0.25, 0.3) is 10.0 Å². The molecule has 1 aliphatic rings. The number of anilines is 1. The highest BCUT2D eigenvalue weighted by Gasteiger charge is 2.35. The third-order valence-corrected chi connectivity index (χ3v) is 6.83. The summed E-state index contributed by atoms with van der Waals surface area (Å²) in [7, 11) is -4.33. The highest BCUT2D eigenvalue weighted by molar-refractivity contribution is 7.92. The number of alkyl halides is 3. The lowest BCUT2D eigenvalue weighted by Crippen LogP contribution is -2.43. The Morgan fingerprint density at radius 1 is 1.19 bits per heavy atom. The zero-order valence-electron chi connectivity index (χ0n) is 16.2. The summed E-state index contributed by atoms with van der Waals surface area (Å²) in [6, 6.07) is 9.86. The normalized spacial score (nSPS) is 16.8. The highest BCUT2D eigenvalue weighted by Crippen LogP contribution is 2.38. The molecule has 1 saturated heterocycles. The summed E-state index contributed by atoms with van der Waals surface area (Å²) in [6.07, 6.45) is -3.34. The van der Waals surface area contributed by atoms with E-state index >= 15 is 0 Å². The van der Waals surface area contributed by atoms with Gasteiger partial charge in [-0.05, 0) is 43.2 Å². The molecule has 168 valence electrons. The molecule has 1 heterocycles. The molecule has 1 atom stereocenters. The van der Waals surface area contributed by atoms with E-state index in [0.717, 1.165) is 25.0 Å². The third-order valence-electron chi connectivity index (χ3n) is 4.71. The fourth-order valence-electron chi connectivity index (χ4n) is 3.14. The van der Waals surface area contributed by atoms with Crippen molar-refractivity contribution in [2.75, 3.05) is 24.0 Å². The molecule has 0 aromatic heterocycles. The summed E-state index contributed by atoms with van der Waals surface area (Å²) in [5, 5.41) is 2.01. The van der Waals surface area contributed by atoms with E-state index in [4.69, 9.17) is 16.3 Å². The van der Waals surface area contributed by atoms with Crippen LogP contribution in [0.4, 0.5) is 18.9 Å². The number of carbonyl (C=O) groups is 1. The number of halogens is 4. The molecule has 3 rings (SSSR count). The number of nitrogens with zero attached hydrogens (tertiary/aromatic N) is 1. The smallest absolute Gasteiger partial charge is 0.376 e. The third kappa shape index (κ3) is 5.69. The molecule has 0 radical (unpaired) electrons. The number of benzene rings is 2. The predicted molar refractivity (Wildman–Crippen MR) is 109 cm³/mol. The van der Waals surface area contributed by atoms with E-state index in [1.807, 2.05) is 0 Å². The number of ether oxygens (including phenoxy) is 1. The molecule has 2 aromatic carbocycles. The van der Waals surface area contributed by atoms with Crippen LogP contribution in [0.3, 0.4) is 0 Å². The van der Waals surface area contributed by atoms with Crippen LogP contribution in [-0.4, -0.2) is 40.1 Å². The number of amides is 1. The molecule has 1 amide bonds. The molecule has 1 aliphatic heterocycles. The molecule has 0 aliphatic carbocycles. The molecule has 2 aromatic rings. The quantitative estimate of drug-likeness (QED) is 0.658. The van der Waals surface area contributed by atoms with Gasteiger partial charge >= 0.3 is 6.18 Å². The van der Waals surface area contributed by atoms with Gasteiger partial charge in [-0.3, -0.25) is 9.10 Å². The molecule has 6 nitrogen and oxygen atoms in total. The molecule has 1 fully saturated rings. The van der Waals surface area contributed by atoms with Crippen molar-refractivity contribution in [3.63, 3.8) is 0 Å². The van der Waals surface area contributed by atoms with E-state index in [-0.39, 0.29) is 23.2 Å². The zero-order chi connectivity index (χ0) is 22.6. The molecule has 0 spiro atoms. The van der Waals surface area contributed by atoms with E-state index < -0.39 is 39.2 Å². The average Bonchev–Trinajstić information content (AvgIpc) is 3.24. The molecule has 31 heavy (non-hydrogen) atoms. The Bertz CT molecular complexity index is 1030. The van der Waals surface area contributed by atoms with Gasteiger partial charge in [0.05, 0.1) is 27.3 Å². The number of hydrogen-bond donors (Lipinski definition) is 1. The molecule has 0 saturated carbocycles. The fraction of sp³-hybridized carbons (Fsp3) is 0.350. The SMILES string of the molecule is O=C(CN(c1ccc(Cl)c(C(F)(F)F)c1)S(=O)(=O)c1ccccc1)NC[C@@H]1CCCO1. The standard InChI is InChI=1S/C20H20ClF3N2O4S/c21-18-9-8-14(11-17(18)20(22,23)24)26(31(28,29)16-6-2-1-3-7-16)13-19(27)25-12-15-5-4-10-30-15/h1-3,6-9,11,15H,4-5,10,12-13H2,(H,25,27)/t15-/m0/s1. The van der Waals surface area contributed by atoms with Crippen LogP contribution in [0, 0.1) is 0 Å². The largest absolute Gasteiger partial charge is 0.417 e. The molecule has 11 heteroatoms. The maximum Gasteiger partial charge on any atom is 0.417 e. The summed E-state index contributed by atoms with van der Waals surface area (Å²) in [5.74, 6) is -0.668. The van der Waals surface area contributed by atoms with Gasteiger partial charge in [-0.1, -0.05) is 29.8 Å². The first kappa shape index (κ1) is 23.4. The van der Waals surface area contributed by atoms with E-state index in [1.165, 1.54) is 24.3 Å². The molecule has 0 bridgehead atoms. The Balaban J connectivity index is 1.94. The van der Waals surface area contributed by atoms with Crippen molar-refractivity contribution >= 4 is 33.2 Å². The fourth-order valence-corrected chi connectivity index (χ4v) is 4.80. The summed E-state index contributed by atoms with van der Waals surface area (Å²) < 4.78 is 72.4. The Kier molecular flexibility index (Phi) is 7.13. The van der Waals surface area contributed by atoms with Gasteiger partial charge in [-0.25, -0.2) is 8.42 Å². The van der Waals surface area contributed by atoms with Gasteiger partial charge < -0.3 is 10.1 Å². The topological polar surface area (TPSA) is 75.7 Å². The number of nitrogens with one attached hydrogen (secondary N) is 1. The van der Waals surface area contributed by atoms with Crippen molar-refractivity contribution < 1.29 is 31.1 Å². The molecule has 0 unspecified atom stereocenters. The first-order valence-corrected chi connectivity index (χ1v) is 11.2. The lowest BCUT2D eigenvalue weighted by Gasteiger charge is -2.25. The minimum absolute atomic E-state index is 0.162. The van der Waals surface area contributed by atoms with Crippen molar-refractivity contribution in [1.29, 1.82) is 0 Å². The van der Waals surface area contributed by atoms with E-state index in [0.29, 0.717) is 17.0 Å². The minimum Gasteiger partial charge on any atom is -0.376 e. The van der Waals surface area contributed by atoms with Crippen LogP contribution < -0.4 is 9.62 Å². The van der Waals surface area contributed by atoms with Crippen LogP contribution in [0.5, 0.6) is 0 Å². The van der Waals surface area contributed by atoms with Gasteiger partial charge in [-0.2, -0.15) is 13.2 Å². The van der Waals surface area contributed by atoms with Crippen molar-refractivity contribution in [3.8, 4) is 0 Å². The highest BCUT2D eigenvalue weighted by atomic mass is 35.5. The van der Waals surface area contributed by atoms with Crippen LogP contribution >= 0.6 is 11.6 Å². The van der Waals surface area contributed by atoms with Crippen molar-refractivity contribution in [3.05, 3.63) is 59.1 Å². The number of rotatable bonds is 7. The molecular weight excluding hydrogens is 457 g/mol. The van der Waals surface area contributed by atoms with E-state index in [1.54, 1.807) is 6.07 Å². The van der Waals surface area contributed by atoms with Gasteiger partial charge in [0.2, 0.25) is 5.91 Å². The van der Waals surface area contributed by atoms with Crippen LogP contribution in [0.2, 0.25) is 5.02 Å². The van der Waals surface area contributed by atoms with Crippen LogP contribution in [0.15, 0.2) is 53.4 Å². The van der Waals surface area contributed by atoms with Gasteiger partial charge in [0, 0.05) is 13.2 Å². The van der Waals surface area contributed by atoms with Crippen molar-refractivity contribution in [2.45, 2.75) is 30.0 Å². The number of carbonyl (C=O) groups excluding carboxylic acids is 1. The maximum atomic E-state index is 13.3. The lowest BCUT2D eigenvalue weighted by atomic mass is 10.2. The monoisotopic (exact) mass is 476 g/mol. The minimum atomic E-state index is -4.79. The summed E-state index contributed by atoms with van der Waals surface area (Å²) in [6.45, 7) is 0.0649. The second-order valence-electron chi connectivity index (χ2n) is 6.93. The van der Waals surface area contributed by atoms with Crippen molar-refractivity contribution in [2.24, 2.45) is 0 Å². The Labute approximate surface area is 183 Å². The number of hydrogen-bond acceptors (Lipinski definition) is 4. The summed E-state index contributed by atoms with van der Waals surface area (Å²) in [4.78, 5) is 12.3. The van der Waals surface area contributed by atoms with Crippen molar-refractivity contribution in [1.82, 2.24) is 5.32 Å². The Morgan fingerprint density at radius 2 is 1.90 bits per heavy atom. The predicted octanol–water partition coefficient (Wildman–Crippen LogP) is 3.85. The molecular formula is C20H20ClF3N2O4S. The first-order valence-electron chi connectivity index (χ1n) is 9.42. The van der Waals surface area contributed by atoms with Crippen LogP contribution in [0.25, 0.3) is 0 Å². The Morgan fingerprint density at radius 3 is 2.52 bits per heavy atom. The van der Waals surface area contributed by atoms with E-state index in [2.05, 4.69) is 5.32 Å². The number of sulfonamides is 1. The zero-order valence-corrected chi connectivity index (χ0v) is 17.8.